The van der Waals surface area contributed by atoms with Gasteiger partial charge in [-0.2, -0.15) is 5.26 Å². The molecular formula is C12H10N2OS. The number of nitrogen functional groups attached to an aromatic ring is 1. The Kier molecular flexibility index (Phi) is 2.88. The normalized spacial score (nSPS) is 10.0. The predicted molar refractivity (Wildman–Crippen MR) is 63.1 cm³/mol. The van der Waals surface area contributed by atoms with E-state index in [1.54, 1.807) is 30.2 Å². The standard InChI is InChI=1S/C12H10N2OS/c1-8-12(4-5-15-8)16-10-2-3-11(14)9(6-10)7-13/h2-6H,14H2,1H3. The largest absolute Gasteiger partial charge is 0.468 e. The highest BCUT2D eigenvalue weighted by molar-refractivity contribution is 7.99. The van der Waals surface area contributed by atoms with Gasteiger partial charge < -0.3 is 10.2 Å². The fourth-order valence-corrected chi connectivity index (χ4v) is 2.18. The Morgan fingerprint density at radius 1 is 1.38 bits per heavy atom. The molecule has 1 heterocycles. The Labute approximate surface area is 97.9 Å². The Bertz CT molecular complexity index is 554. The van der Waals surface area contributed by atoms with E-state index in [2.05, 4.69) is 6.07 Å². The van der Waals surface area contributed by atoms with Crippen LogP contribution in [-0.2, 0) is 0 Å². The number of nitriles is 1. The molecule has 0 bridgehead atoms. The maximum atomic E-state index is 8.87. The number of nitrogens with zero attached hydrogens (tertiary/aromatic N) is 1. The number of benzene rings is 1. The van der Waals surface area contributed by atoms with Crippen LogP contribution in [0.25, 0.3) is 0 Å². The molecule has 0 atom stereocenters. The second kappa shape index (κ2) is 4.33. The van der Waals surface area contributed by atoms with Gasteiger partial charge in [-0.05, 0) is 31.2 Å². The van der Waals surface area contributed by atoms with E-state index >= 15 is 0 Å². The van der Waals surface area contributed by atoms with Crippen molar-refractivity contribution in [2.24, 2.45) is 0 Å². The van der Waals surface area contributed by atoms with Crippen molar-refractivity contribution in [2.45, 2.75) is 16.7 Å². The molecule has 3 nitrogen and oxygen atoms in total. The highest BCUT2D eigenvalue weighted by Crippen LogP contribution is 2.32. The van der Waals surface area contributed by atoms with Crippen molar-refractivity contribution in [2.75, 3.05) is 5.73 Å². The van der Waals surface area contributed by atoms with E-state index in [9.17, 15) is 0 Å². The van der Waals surface area contributed by atoms with E-state index < -0.39 is 0 Å². The summed E-state index contributed by atoms with van der Waals surface area (Å²) in [6.45, 7) is 1.91. The van der Waals surface area contributed by atoms with Crippen LogP contribution in [0.2, 0.25) is 0 Å². The van der Waals surface area contributed by atoms with Gasteiger partial charge in [0.1, 0.15) is 11.8 Å². The number of aryl methyl sites for hydroxylation is 1. The number of nitrogens with two attached hydrogens (primary N) is 1. The minimum absolute atomic E-state index is 0.506. The number of hydrogen-bond acceptors (Lipinski definition) is 4. The van der Waals surface area contributed by atoms with Crippen molar-refractivity contribution in [3.05, 3.63) is 41.9 Å². The molecule has 0 aliphatic rings. The highest BCUT2D eigenvalue weighted by Gasteiger charge is 2.05. The van der Waals surface area contributed by atoms with Gasteiger partial charge >= 0.3 is 0 Å². The molecule has 2 N–H and O–H groups in total. The number of rotatable bonds is 2. The lowest BCUT2D eigenvalue weighted by atomic mass is 10.2. The summed E-state index contributed by atoms with van der Waals surface area (Å²) in [6.07, 6.45) is 1.65. The lowest BCUT2D eigenvalue weighted by Crippen LogP contribution is -1.89. The summed E-state index contributed by atoms with van der Waals surface area (Å²) >= 11 is 1.56. The van der Waals surface area contributed by atoms with E-state index in [4.69, 9.17) is 15.4 Å². The SMILES string of the molecule is Cc1occc1Sc1ccc(N)c(C#N)c1. The molecule has 0 spiro atoms. The average molecular weight is 230 g/mol. The van der Waals surface area contributed by atoms with Crippen LogP contribution in [-0.4, -0.2) is 0 Å². The summed E-state index contributed by atoms with van der Waals surface area (Å²) in [4.78, 5) is 2.03. The van der Waals surface area contributed by atoms with E-state index in [1.807, 2.05) is 19.1 Å². The third kappa shape index (κ3) is 2.05. The molecule has 16 heavy (non-hydrogen) atoms. The molecule has 1 aromatic carbocycles. The first-order valence-corrected chi connectivity index (χ1v) is 5.54. The van der Waals surface area contributed by atoms with E-state index in [-0.39, 0.29) is 0 Å². The Balaban J connectivity index is 2.30. The highest BCUT2D eigenvalue weighted by atomic mass is 32.2. The lowest BCUT2D eigenvalue weighted by molar-refractivity contribution is 0.527. The molecule has 0 unspecified atom stereocenters. The molecule has 80 valence electrons. The van der Waals surface area contributed by atoms with Crippen LogP contribution < -0.4 is 5.73 Å². The molecule has 2 rings (SSSR count). The first kappa shape index (κ1) is 10.7. The monoisotopic (exact) mass is 230 g/mol. The van der Waals surface area contributed by atoms with Crippen molar-refractivity contribution in [3.8, 4) is 6.07 Å². The van der Waals surface area contributed by atoms with Crippen LogP contribution in [0.1, 0.15) is 11.3 Å². The van der Waals surface area contributed by atoms with E-state index in [0.717, 1.165) is 15.6 Å². The molecule has 0 fully saturated rings. The minimum Gasteiger partial charge on any atom is -0.468 e. The van der Waals surface area contributed by atoms with Crippen LogP contribution in [0.5, 0.6) is 0 Å². The molecule has 1 aromatic heterocycles. The number of hydrogen-bond donors (Lipinski definition) is 1. The van der Waals surface area contributed by atoms with Crippen LogP contribution in [0.3, 0.4) is 0 Å². The molecule has 0 saturated heterocycles. The quantitative estimate of drug-likeness (QED) is 0.805. The topological polar surface area (TPSA) is 62.9 Å². The second-order valence-electron chi connectivity index (χ2n) is 3.30. The molecule has 0 radical (unpaired) electrons. The van der Waals surface area contributed by atoms with E-state index in [0.29, 0.717) is 11.3 Å². The summed E-state index contributed by atoms with van der Waals surface area (Å²) < 4.78 is 5.21. The molecule has 0 aliphatic carbocycles. The van der Waals surface area contributed by atoms with Crippen LogP contribution in [0.4, 0.5) is 5.69 Å². The zero-order chi connectivity index (χ0) is 11.5. The van der Waals surface area contributed by atoms with Crippen molar-refractivity contribution >= 4 is 17.4 Å². The zero-order valence-electron chi connectivity index (χ0n) is 8.73. The van der Waals surface area contributed by atoms with Gasteiger partial charge in [-0.25, -0.2) is 0 Å². The van der Waals surface area contributed by atoms with Gasteiger partial charge in [-0.1, -0.05) is 11.8 Å². The van der Waals surface area contributed by atoms with Crippen molar-refractivity contribution in [1.29, 1.82) is 5.26 Å². The molecule has 4 heteroatoms. The first-order chi connectivity index (χ1) is 7.70. The summed E-state index contributed by atoms with van der Waals surface area (Å²) in [5.41, 5.74) is 6.67. The summed E-state index contributed by atoms with van der Waals surface area (Å²) in [5, 5.41) is 8.87. The van der Waals surface area contributed by atoms with Gasteiger partial charge in [0.2, 0.25) is 0 Å². The maximum absolute atomic E-state index is 8.87. The maximum Gasteiger partial charge on any atom is 0.114 e. The molecular weight excluding hydrogens is 220 g/mol. The van der Waals surface area contributed by atoms with Gasteiger partial charge in [0.05, 0.1) is 16.7 Å². The van der Waals surface area contributed by atoms with Crippen LogP contribution >= 0.6 is 11.8 Å². The second-order valence-corrected chi connectivity index (χ2v) is 4.42. The minimum atomic E-state index is 0.506. The summed E-state index contributed by atoms with van der Waals surface area (Å²) in [5.74, 6) is 0.875. The van der Waals surface area contributed by atoms with Crippen molar-refractivity contribution < 1.29 is 4.42 Å². The Morgan fingerprint density at radius 3 is 2.81 bits per heavy atom. The fraction of sp³-hybridized carbons (Fsp3) is 0.0833. The van der Waals surface area contributed by atoms with E-state index in [1.165, 1.54) is 0 Å². The number of anilines is 1. The zero-order valence-corrected chi connectivity index (χ0v) is 9.54. The predicted octanol–water partition coefficient (Wildman–Crippen LogP) is 3.19. The van der Waals surface area contributed by atoms with Gasteiger partial charge in [-0.3, -0.25) is 0 Å². The van der Waals surface area contributed by atoms with Gasteiger partial charge in [0.25, 0.3) is 0 Å². The van der Waals surface area contributed by atoms with Crippen LogP contribution in [0, 0.1) is 18.3 Å². The third-order valence-corrected chi connectivity index (χ3v) is 3.32. The van der Waals surface area contributed by atoms with Crippen molar-refractivity contribution in [3.63, 3.8) is 0 Å². The molecule has 0 aliphatic heterocycles. The van der Waals surface area contributed by atoms with Gasteiger partial charge in [0.15, 0.2) is 0 Å². The molecule has 0 saturated carbocycles. The lowest BCUT2D eigenvalue weighted by Gasteiger charge is -2.02. The van der Waals surface area contributed by atoms with Crippen LogP contribution in [0.15, 0.2) is 44.7 Å². The van der Waals surface area contributed by atoms with Gasteiger partial charge in [-0.15, -0.1) is 0 Å². The molecule has 0 amide bonds. The average Bonchev–Trinajstić information content (AvgIpc) is 2.67. The molecule has 2 aromatic rings. The summed E-state index contributed by atoms with van der Waals surface area (Å²) in [7, 11) is 0. The first-order valence-electron chi connectivity index (χ1n) is 4.72. The smallest absolute Gasteiger partial charge is 0.114 e. The van der Waals surface area contributed by atoms with Gasteiger partial charge in [0, 0.05) is 10.6 Å². The van der Waals surface area contributed by atoms with Crippen molar-refractivity contribution in [1.82, 2.24) is 0 Å². The summed E-state index contributed by atoms with van der Waals surface area (Å²) in [6, 6.07) is 9.40. The fourth-order valence-electron chi connectivity index (χ4n) is 1.30. The number of furan rings is 1. The third-order valence-electron chi connectivity index (χ3n) is 2.18. The Morgan fingerprint density at radius 2 is 2.19 bits per heavy atom. The Hall–Kier alpha value is -1.86.